The number of benzene rings is 1. The van der Waals surface area contributed by atoms with Crippen LogP contribution in [0.2, 0.25) is 0 Å². The number of pyridine rings is 1. The molecular weight excluding hydrogens is 278 g/mol. The van der Waals surface area contributed by atoms with Crippen LogP contribution in [0.4, 0.5) is 5.69 Å². The van der Waals surface area contributed by atoms with Gasteiger partial charge in [0.25, 0.3) is 5.91 Å². The van der Waals surface area contributed by atoms with Gasteiger partial charge in [0.2, 0.25) is 5.88 Å². The number of carbonyl (C=O) groups is 1. The van der Waals surface area contributed by atoms with Crippen LogP contribution in [-0.4, -0.2) is 23.7 Å². The van der Waals surface area contributed by atoms with Gasteiger partial charge in [-0.3, -0.25) is 4.79 Å². The summed E-state index contributed by atoms with van der Waals surface area (Å²) in [4.78, 5) is 16.7. The molecule has 0 bridgehead atoms. The molecule has 5 nitrogen and oxygen atoms in total. The highest BCUT2D eigenvalue weighted by Gasteiger charge is 2.28. The fraction of sp³-hybridized carbons (Fsp3) is 0.118. The van der Waals surface area contributed by atoms with E-state index >= 15 is 0 Å². The first-order valence-electron chi connectivity index (χ1n) is 6.86. The van der Waals surface area contributed by atoms with Crippen LogP contribution in [0, 0.1) is 0 Å². The molecule has 1 amide bonds. The summed E-state index contributed by atoms with van der Waals surface area (Å²) in [6.45, 7) is 1.82. The summed E-state index contributed by atoms with van der Waals surface area (Å²) >= 11 is 0. The lowest BCUT2D eigenvalue weighted by molar-refractivity contribution is -0.114. The molecule has 0 spiro atoms. The minimum Gasteiger partial charge on any atom is -0.481 e. The third kappa shape index (κ3) is 2.61. The van der Waals surface area contributed by atoms with Gasteiger partial charge in [0.15, 0.2) is 0 Å². The molecule has 0 N–H and O–H groups in total. The zero-order valence-corrected chi connectivity index (χ0v) is 12.4. The number of aromatic nitrogens is 1. The molecule has 3 rings (SSSR count). The maximum atomic E-state index is 12.5. The Morgan fingerprint density at radius 1 is 1.14 bits per heavy atom. The molecule has 22 heavy (non-hydrogen) atoms. The molecule has 2 aromatic rings. The monoisotopic (exact) mass is 293 g/mol. The Morgan fingerprint density at radius 2 is 1.91 bits per heavy atom. The maximum absolute atomic E-state index is 12.5. The maximum Gasteiger partial charge on any atom is 0.280 e. The van der Waals surface area contributed by atoms with E-state index in [1.165, 1.54) is 5.01 Å². The lowest BCUT2D eigenvalue weighted by atomic mass is 10.1. The second-order valence-electron chi connectivity index (χ2n) is 4.83. The molecule has 0 aliphatic carbocycles. The quantitative estimate of drug-likeness (QED) is 0.818. The Balaban J connectivity index is 1.90. The standard InChI is InChI=1S/C17H15N3O2/c1-12-15(10-13-8-9-16(22-2)18-11-13)17(21)20(19-12)14-6-4-3-5-7-14/h3-11H,1-2H3/b15-10+. The lowest BCUT2D eigenvalue weighted by Gasteiger charge is -2.10. The Kier molecular flexibility index (Phi) is 3.70. The number of anilines is 1. The number of para-hydroxylation sites is 1. The van der Waals surface area contributed by atoms with Gasteiger partial charge in [-0.25, -0.2) is 4.98 Å². The predicted octanol–water partition coefficient (Wildman–Crippen LogP) is 2.90. The van der Waals surface area contributed by atoms with Crippen molar-refractivity contribution in [1.82, 2.24) is 4.98 Å². The van der Waals surface area contributed by atoms with E-state index in [4.69, 9.17) is 4.74 Å². The first kappa shape index (κ1) is 14.0. The molecule has 2 heterocycles. The predicted molar refractivity (Wildman–Crippen MR) is 85.8 cm³/mol. The van der Waals surface area contributed by atoms with Gasteiger partial charge in [0, 0.05) is 12.3 Å². The largest absolute Gasteiger partial charge is 0.481 e. The summed E-state index contributed by atoms with van der Waals surface area (Å²) in [6.07, 6.45) is 3.45. The van der Waals surface area contributed by atoms with E-state index < -0.39 is 0 Å². The summed E-state index contributed by atoms with van der Waals surface area (Å²) in [5, 5.41) is 5.75. The van der Waals surface area contributed by atoms with Crippen LogP contribution >= 0.6 is 0 Å². The molecule has 0 atom stereocenters. The average Bonchev–Trinajstić information content (AvgIpc) is 2.84. The molecular formula is C17H15N3O2. The Labute approximate surface area is 128 Å². The number of carbonyl (C=O) groups excluding carboxylic acids is 1. The van der Waals surface area contributed by atoms with Crippen LogP contribution in [0.1, 0.15) is 12.5 Å². The van der Waals surface area contributed by atoms with Gasteiger partial charge in [-0.1, -0.05) is 18.2 Å². The molecule has 1 aliphatic rings. The van der Waals surface area contributed by atoms with Gasteiger partial charge in [0.1, 0.15) is 0 Å². The van der Waals surface area contributed by atoms with Crippen molar-refractivity contribution < 1.29 is 9.53 Å². The summed E-state index contributed by atoms with van der Waals surface area (Å²) in [5.74, 6) is 0.399. The number of amides is 1. The summed E-state index contributed by atoms with van der Waals surface area (Å²) in [7, 11) is 1.56. The third-order valence-electron chi connectivity index (χ3n) is 3.34. The average molecular weight is 293 g/mol. The first-order valence-corrected chi connectivity index (χ1v) is 6.86. The second kappa shape index (κ2) is 5.81. The molecule has 1 aliphatic heterocycles. The Hall–Kier alpha value is -2.95. The van der Waals surface area contributed by atoms with Crippen molar-refractivity contribution in [1.29, 1.82) is 0 Å². The van der Waals surface area contributed by atoms with E-state index in [0.29, 0.717) is 17.2 Å². The molecule has 1 aromatic heterocycles. The van der Waals surface area contributed by atoms with E-state index in [0.717, 1.165) is 11.3 Å². The Morgan fingerprint density at radius 3 is 2.55 bits per heavy atom. The van der Waals surface area contributed by atoms with Crippen LogP contribution in [0.3, 0.4) is 0 Å². The molecule has 1 aromatic carbocycles. The fourth-order valence-corrected chi connectivity index (χ4v) is 2.19. The number of rotatable bonds is 3. The number of nitrogens with zero attached hydrogens (tertiary/aromatic N) is 3. The van der Waals surface area contributed by atoms with Gasteiger partial charge in [-0.15, -0.1) is 0 Å². The summed E-state index contributed by atoms with van der Waals surface area (Å²) in [5.41, 5.74) is 2.83. The van der Waals surface area contributed by atoms with Crippen LogP contribution in [0.15, 0.2) is 59.3 Å². The van der Waals surface area contributed by atoms with Gasteiger partial charge in [0.05, 0.1) is 24.1 Å². The van der Waals surface area contributed by atoms with Gasteiger partial charge < -0.3 is 4.74 Å². The van der Waals surface area contributed by atoms with E-state index in [1.54, 1.807) is 25.4 Å². The van der Waals surface area contributed by atoms with Gasteiger partial charge in [-0.2, -0.15) is 10.1 Å². The zero-order chi connectivity index (χ0) is 15.5. The van der Waals surface area contributed by atoms with Crippen molar-refractivity contribution >= 4 is 23.4 Å². The zero-order valence-electron chi connectivity index (χ0n) is 12.4. The molecule has 0 radical (unpaired) electrons. The van der Waals surface area contributed by atoms with Crippen LogP contribution in [0.5, 0.6) is 5.88 Å². The number of hydrogen-bond acceptors (Lipinski definition) is 4. The fourth-order valence-electron chi connectivity index (χ4n) is 2.19. The van der Waals surface area contributed by atoms with Crippen molar-refractivity contribution in [3.63, 3.8) is 0 Å². The lowest BCUT2D eigenvalue weighted by Crippen LogP contribution is -2.21. The van der Waals surface area contributed by atoms with Crippen LogP contribution in [-0.2, 0) is 4.79 Å². The molecule has 110 valence electrons. The highest BCUT2D eigenvalue weighted by molar-refractivity contribution is 6.32. The van der Waals surface area contributed by atoms with Crippen LogP contribution < -0.4 is 9.75 Å². The van der Waals surface area contributed by atoms with E-state index in [1.807, 2.05) is 43.3 Å². The van der Waals surface area contributed by atoms with E-state index in [2.05, 4.69) is 10.1 Å². The minimum absolute atomic E-state index is 0.139. The number of hydrazone groups is 1. The van der Waals surface area contributed by atoms with Crippen molar-refractivity contribution in [2.24, 2.45) is 5.10 Å². The minimum atomic E-state index is -0.139. The molecule has 5 heteroatoms. The van der Waals surface area contributed by atoms with E-state index in [-0.39, 0.29) is 5.91 Å². The topological polar surface area (TPSA) is 54.8 Å². The summed E-state index contributed by atoms with van der Waals surface area (Å²) in [6, 6.07) is 13.0. The molecule has 0 saturated carbocycles. The van der Waals surface area contributed by atoms with Crippen LogP contribution in [0.25, 0.3) is 6.08 Å². The van der Waals surface area contributed by atoms with Gasteiger partial charge in [-0.05, 0) is 36.8 Å². The molecule has 0 unspecified atom stereocenters. The van der Waals surface area contributed by atoms with Crippen molar-refractivity contribution in [3.8, 4) is 5.88 Å². The smallest absolute Gasteiger partial charge is 0.280 e. The normalized spacial score (nSPS) is 16.1. The number of hydrogen-bond donors (Lipinski definition) is 0. The highest BCUT2D eigenvalue weighted by Crippen LogP contribution is 2.24. The third-order valence-corrected chi connectivity index (χ3v) is 3.34. The molecule has 0 fully saturated rings. The number of ether oxygens (including phenoxy) is 1. The van der Waals surface area contributed by atoms with E-state index in [9.17, 15) is 4.79 Å². The summed E-state index contributed by atoms with van der Waals surface area (Å²) < 4.78 is 5.03. The van der Waals surface area contributed by atoms with Gasteiger partial charge >= 0.3 is 0 Å². The Bertz CT molecular complexity index is 749. The van der Waals surface area contributed by atoms with Crippen molar-refractivity contribution in [3.05, 3.63) is 59.8 Å². The van der Waals surface area contributed by atoms with Crippen molar-refractivity contribution in [2.75, 3.05) is 12.1 Å². The number of methoxy groups -OCH3 is 1. The SMILES string of the molecule is COc1ccc(/C=C2/C(=O)N(c3ccccc3)N=C2C)cn1. The van der Waals surface area contributed by atoms with Crippen molar-refractivity contribution in [2.45, 2.75) is 6.92 Å². The molecule has 0 saturated heterocycles. The first-order chi connectivity index (χ1) is 10.7. The second-order valence-corrected chi connectivity index (χ2v) is 4.83. The highest BCUT2D eigenvalue weighted by atomic mass is 16.5.